The van der Waals surface area contributed by atoms with E-state index in [1.54, 1.807) is 0 Å². The first-order valence-corrected chi connectivity index (χ1v) is 6.65. The van der Waals surface area contributed by atoms with E-state index in [-0.39, 0.29) is 0 Å². The van der Waals surface area contributed by atoms with Crippen molar-refractivity contribution in [1.29, 1.82) is 5.26 Å². The maximum Gasteiger partial charge on any atom is 0.0992 e. The standard InChI is InChI=1S/C15H14BrN3/c1-19(10-12-4-2-3-5-14(12)18)15-7-6-11(9-17)8-13(15)16/h2-8H,10,18H2,1H3. The third-order valence-corrected chi connectivity index (χ3v) is 3.59. The monoisotopic (exact) mass is 315 g/mol. The molecule has 0 aliphatic rings. The minimum absolute atomic E-state index is 0.642. The summed E-state index contributed by atoms with van der Waals surface area (Å²) in [4.78, 5) is 2.09. The van der Waals surface area contributed by atoms with Gasteiger partial charge in [0.1, 0.15) is 0 Å². The summed E-state index contributed by atoms with van der Waals surface area (Å²) in [5.41, 5.74) is 9.50. The average Bonchev–Trinajstić information content (AvgIpc) is 2.41. The van der Waals surface area contributed by atoms with Gasteiger partial charge in [-0.1, -0.05) is 18.2 Å². The van der Waals surface area contributed by atoms with Crippen LogP contribution >= 0.6 is 15.9 Å². The zero-order valence-electron chi connectivity index (χ0n) is 10.6. The molecule has 0 aliphatic heterocycles. The van der Waals surface area contributed by atoms with E-state index < -0.39 is 0 Å². The van der Waals surface area contributed by atoms with Gasteiger partial charge in [0, 0.05) is 23.8 Å². The second-order valence-electron chi connectivity index (χ2n) is 4.33. The Morgan fingerprint density at radius 1 is 1.26 bits per heavy atom. The lowest BCUT2D eigenvalue weighted by Gasteiger charge is -2.21. The van der Waals surface area contributed by atoms with Crippen molar-refractivity contribution in [2.45, 2.75) is 6.54 Å². The fraction of sp³-hybridized carbons (Fsp3) is 0.133. The molecule has 3 nitrogen and oxygen atoms in total. The number of hydrogen-bond donors (Lipinski definition) is 1. The number of halogens is 1. The van der Waals surface area contributed by atoms with Gasteiger partial charge < -0.3 is 10.6 Å². The normalized spacial score (nSPS) is 9.95. The van der Waals surface area contributed by atoms with Gasteiger partial charge in [-0.3, -0.25) is 0 Å². The van der Waals surface area contributed by atoms with Gasteiger partial charge in [0.2, 0.25) is 0 Å². The van der Waals surface area contributed by atoms with Crippen molar-refractivity contribution in [2.24, 2.45) is 0 Å². The van der Waals surface area contributed by atoms with Crippen LogP contribution in [0.25, 0.3) is 0 Å². The number of hydrogen-bond acceptors (Lipinski definition) is 3. The molecule has 0 unspecified atom stereocenters. The van der Waals surface area contributed by atoms with Gasteiger partial charge >= 0.3 is 0 Å². The van der Waals surface area contributed by atoms with E-state index in [1.165, 1.54) is 0 Å². The fourth-order valence-electron chi connectivity index (χ4n) is 1.90. The number of nitrogen functional groups attached to an aromatic ring is 1. The Morgan fingerprint density at radius 2 is 2.00 bits per heavy atom. The Hall–Kier alpha value is -1.99. The Labute approximate surface area is 121 Å². The molecule has 0 fully saturated rings. The van der Waals surface area contributed by atoms with Crippen molar-refractivity contribution in [1.82, 2.24) is 0 Å². The predicted octanol–water partition coefficient (Wildman–Crippen LogP) is 3.54. The molecule has 0 bridgehead atoms. The summed E-state index contributed by atoms with van der Waals surface area (Å²) in [6, 6.07) is 15.5. The number of anilines is 2. The molecule has 0 spiro atoms. The molecule has 0 heterocycles. The molecule has 2 aromatic rings. The lowest BCUT2D eigenvalue weighted by atomic mass is 10.1. The first-order chi connectivity index (χ1) is 9.11. The lowest BCUT2D eigenvalue weighted by molar-refractivity contribution is 0.922. The minimum atomic E-state index is 0.642. The van der Waals surface area contributed by atoms with Crippen LogP contribution in [0.1, 0.15) is 11.1 Å². The molecule has 19 heavy (non-hydrogen) atoms. The molecular formula is C15H14BrN3. The highest BCUT2D eigenvalue weighted by molar-refractivity contribution is 9.10. The molecule has 0 aromatic heterocycles. The first-order valence-electron chi connectivity index (χ1n) is 5.86. The molecule has 0 amide bonds. The van der Waals surface area contributed by atoms with Crippen LogP contribution in [0.3, 0.4) is 0 Å². The number of nitrogens with two attached hydrogens (primary N) is 1. The molecule has 2 N–H and O–H groups in total. The molecule has 2 rings (SSSR count). The Morgan fingerprint density at radius 3 is 2.63 bits per heavy atom. The van der Waals surface area contributed by atoms with E-state index in [4.69, 9.17) is 11.0 Å². The van der Waals surface area contributed by atoms with Gasteiger partial charge in [-0.2, -0.15) is 5.26 Å². The highest BCUT2D eigenvalue weighted by Gasteiger charge is 2.08. The van der Waals surface area contributed by atoms with Crippen LogP contribution in [0.2, 0.25) is 0 Å². The van der Waals surface area contributed by atoms with Gasteiger partial charge in [0.25, 0.3) is 0 Å². The van der Waals surface area contributed by atoms with Crippen LogP contribution < -0.4 is 10.6 Å². The van der Waals surface area contributed by atoms with E-state index in [0.717, 1.165) is 28.0 Å². The Balaban J connectivity index is 2.24. The van der Waals surface area contributed by atoms with Crippen molar-refractivity contribution in [3.8, 4) is 6.07 Å². The van der Waals surface area contributed by atoms with Gasteiger partial charge in [0.05, 0.1) is 17.3 Å². The Kier molecular flexibility index (Phi) is 4.08. The van der Waals surface area contributed by atoms with Gasteiger partial charge in [0.15, 0.2) is 0 Å². The average molecular weight is 316 g/mol. The molecule has 96 valence electrons. The molecule has 0 aliphatic carbocycles. The highest BCUT2D eigenvalue weighted by atomic mass is 79.9. The summed E-state index contributed by atoms with van der Waals surface area (Å²) in [5, 5.41) is 8.86. The fourth-order valence-corrected chi connectivity index (χ4v) is 2.59. The van der Waals surface area contributed by atoms with Crippen LogP contribution in [0.4, 0.5) is 11.4 Å². The molecule has 0 atom stereocenters. The van der Waals surface area contributed by atoms with E-state index >= 15 is 0 Å². The largest absolute Gasteiger partial charge is 0.398 e. The third-order valence-electron chi connectivity index (χ3n) is 2.95. The zero-order chi connectivity index (χ0) is 13.8. The summed E-state index contributed by atoms with van der Waals surface area (Å²) in [6.07, 6.45) is 0. The van der Waals surface area contributed by atoms with Crippen molar-refractivity contribution in [2.75, 3.05) is 17.7 Å². The van der Waals surface area contributed by atoms with E-state index in [0.29, 0.717) is 5.56 Å². The molecule has 0 saturated heterocycles. The number of nitrogens with zero attached hydrogens (tertiary/aromatic N) is 2. The van der Waals surface area contributed by atoms with E-state index in [9.17, 15) is 0 Å². The minimum Gasteiger partial charge on any atom is -0.398 e. The van der Waals surface area contributed by atoms with E-state index in [1.807, 2.05) is 49.5 Å². The van der Waals surface area contributed by atoms with Crippen LogP contribution in [-0.2, 0) is 6.54 Å². The molecule has 0 radical (unpaired) electrons. The van der Waals surface area contributed by atoms with Crippen LogP contribution in [0, 0.1) is 11.3 Å². The summed E-state index contributed by atoms with van der Waals surface area (Å²) in [5.74, 6) is 0. The zero-order valence-corrected chi connectivity index (χ0v) is 12.2. The predicted molar refractivity (Wildman–Crippen MR) is 81.8 cm³/mol. The SMILES string of the molecule is CN(Cc1ccccc1N)c1ccc(C#N)cc1Br. The second kappa shape index (κ2) is 5.77. The van der Waals surface area contributed by atoms with Crippen molar-refractivity contribution in [3.63, 3.8) is 0 Å². The van der Waals surface area contributed by atoms with E-state index in [2.05, 4.69) is 26.9 Å². The molecule has 4 heteroatoms. The van der Waals surface area contributed by atoms with Crippen LogP contribution in [-0.4, -0.2) is 7.05 Å². The smallest absolute Gasteiger partial charge is 0.0992 e. The van der Waals surface area contributed by atoms with Crippen LogP contribution in [0.5, 0.6) is 0 Å². The number of nitriles is 1. The maximum atomic E-state index is 8.86. The number of para-hydroxylation sites is 1. The van der Waals surface area contributed by atoms with Crippen molar-refractivity contribution >= 4 is 27.3 Å². The quantitative estimate of drug-likeness (QED) is 0.881. The Bertz CT molecular complexity index is 632. The van der Waals surface area contributed by atoms with Crippen LogP contribution in [0.15, 0.2) is 46.9 Å². The van der Waals surface area contributed by atoms with Crippen molar-refractivity contribution in [3.05, 3.63) is 58.1 Å². The van der Waals surface area contributed by atoms with Crippen molar-refractivity contribution < 1.29 is 0 Å². The lowest BCUT2D eigenvalue weighted by Crippen LogP contribution is -2.17. The van der Waals surface area contributed by atoms with Gasteiger partial charge in [-0.15, -0.1) is 0 Å². The summed E-state index contributed by atoms with van der Waals surface area (Å²) < 4.78 is 0.906. The number of rotatable bonds is 3. The topological polar surface area (TPSA) is 53.0 Å². The molecule has 0 saturated carbocycles. The second-order valence-corrected chi connectivity index (χ2v) is 5.19. The highest BCUT2D eigenvalue weighted by Crippen LogP contribution is 2.28. The summed E-state index contributed by atoms with van der Waals surface area (Å²) in [7, 11) is 2.00. The maximum absolute atomic E-state index is 8.86. The first kappa shape index (κ1) is 13.4. The number of benzene rings is 2. The molecule has 2 aromatic carbocycles. The summed E-state index contributed by atoms with van der Waals surface area (Å²) >= 11 is 3.50. The molecular weight excluding hydrogens is 302 g/mol. The van der Waals surface area contributed by atoms with Gasteiger partial charge in [-0.05, 0) is 45.8 Å². The summed E-state index contributed by atoms with van der Waals surface area (Å²) in [6.45, 7) is 0.719. The van der Waals surface area contributed by atoms with Gasteiger partial charge in [-0.25, -0.2) is 0 Å². The third kappa shape index (κ3) is 3.07.